The number of carbonyl (C=O) groups excluding carboxylic acids is 3. The monoisotopic (exact) mass is 334 g/mol. The fraction of sp³-hybridized carbons (Fsp3) is 0.500. The molecular weight excluding hydrogens is 312 g/mol. The number of hydrogen-bond donors (Lipinski definition) is 0. The van der Waals surface area contributed by atoms with Gasteiger partial charge in [0.05, 0.1) is 26.9 Å². The van der Waals surface area contributed by atoms with Crippen LogP contribution in [-0.4, -0.2) is 39.2 Å². The lowest BCUT2D eigenvalue weighted by Crippen LogP contribution is -2.42. The van der Waals surface area contributed by atoms with Gasteiger partial charge in [0.1, 0.15) is 0 Å². The molecule has 0 atom stereocenters. The number of fused-ring (bicyclic) bond motifs is 1. The van der Waals surface area contributed by atoms with Crippen LogP contribution in [0.1, 0.15) is 38.2 Å². The van der Waals surface area contributed by atoms with Gasteiger partial charge in [0.15, 0.2) is 5.41 Å². The van der Waals surface area contributed by atoms with Crippen molar-refractivity contribution in [2.75, 3.05) is 21.3 Å². The molecular formula is C18H22O6. The summed E-state index contributed by atoms with van der Waals surface area (Å²) < 4.78 is 14.6. The summed E-state index contributed by atoms with van der Waals surface area (Å²) in [5, 5.41) is 0. The van der Waals surface area contributed by atoms with Crippen LogP contribution in [0.15, 0.2) is 0 Å². The van der Waals surface area contributed by atoms with E-state index in [1.54, 1.807) is 0 Å². The minimum absolute atomic E-state index is 0.151. The third-order valence-electron chi connectivity index (χ3n) is 5.08. The number of carbonyl (C=O) groups is 3. The van der Waals surface area contributed by atoms with Crippen molar-refractivity contribution in [2.45, 2.75) is 33.6 Å². The normalized spacial score (nSPS) is 14.8. The zero-order chi connectivity index (χ0) is 18.2. The van der Waals surface area contributed by atoms with E-state index in [1.807, 2.05) is 20.8 Å². The largest absolute Gasteiger partial charge is 0.468 e. The number of rotatable bonds is 3. The van der Waals surface area contributed by atoms with E-state index in [0.29, 0.717) is 5.56 Å². The quantitative estimate of drug-likeness (QED) is 0.477. The summed E-state index contributed by atoms with van der Waals surface area (Å²) in [5.74, 6) is -1.67. The SMILES string of the molecule is COC(=O)c1c(C)c(C)c2c(c1C)CC(C(=O)OC)(C(=O)OC)C2. The van der Waals surface area contributed by atoms with Crippen LogP contribution in [0.2, 0.25) is 0 Å². The molecule has 0 aromatic heterocycles. The number of ether oxygens (including phenoxy) is 3. The molecule has 0 aliphatic heterocycles. The molecule has 24 heavy (non-hydrogen) atoms. The molecule has 1 aliphatic carbocycles. The maximum atomic E-state index is 12.4. The van der Waals surface area contributed by atoms with Crippen LogP contribution in [0, 0.1) is 26.2 Å². The Bertz CT molecular complexity index is 716. The average molecular weight is 334 g/mol. The van der Waals surface area contributed by atoms with E-state index in [0.717, 1.165) is 27.8 Å². The number of esters is 3. The van der Waals surface area contributed by atoms with E-state index in [4.69, 9.17) is 14.2 Å². The molecule has 1 aromatic carbocycles. The van der Waals surface area contributed by atoms with Gasteiger partial charge in [-0.3, -0.25) is 9.59 Å². The molecule has 1 aromatic rings. The molecule has 130 valence electrons. The molecule has 6 heteroatoms. The first-order valence-corrected chi connectivity index (χ1v) is 7.61. The number of methoxy groups -OCH3 is 3. The van der Waals surface area contributed by atoms with Crippen molar-refractivity contribution in [2.24, 2.45) is 5.41 Å². The van der Waals surface area contributed by atoms with Crippen molar-refractivity contribution < 1.29 is 28.6 Å². The third-order valence-corrected chi connectivity index (χ3v) is 5.08. The minimum atomic E-state index is -1.40. The van der Waals surface area contributed by atoms with Gasteiger partial charge in [0.25, 0.3) is 0 Å². The number of benzene rings is 1. The second-order valence-electron chi connectivity index (χ2n) is 6.12. The van der Waals surface area contributed by atoms with E-state index in [2.05, 4.69) is 0 Å². The lowest BCUT2D eigenvalue weighted by molar-refractivity contribution is -0.168. The van der Waals surface area contributed by atoms with E-state index < -0.39 is 23.3 Å². The van der Waals surface area contributed by atoms with Crippen molar-refractivity contribution in [3.8, 4) is 0 Å². The molecule has 0 amide bonds. The molecule has 0 bridgehead atoms. The summed E-state index contributed by atoms with van der Waals surface area (Å²) in [6, 6.07) is 0. The molecule has 6 nitrogen and oxygen atoms in total. The van der Waals surface area contributed by atoms with Gasteiger partial charge in [-0.05, 0) is 48.6 Å². The molecule has 0 fully saturated rings. The summed E-state index contributed by atoms with van der Waals surface area (Å²) in [5.41, 5.74) is 3.20. The first-order chi connectivity index (χ1) is 11.2. The Kier molecular flexibility index (Phi) is 4.69. The highest BCUT2D eigenvalue weighted by atomic mass is 16.5. The summed E-state index contributed by atoms with van der Waals surface area (Å²) in [7, 11) is 3.83. The second-order valence-corrected chi connectivity index (χ2v) is 6.12. The standard InChI is InChI=1S/C18H22O6/c1-9-10(2)14(15(19)22-4)11(3)13-8-18(7-12(9)13,16(20)23-5)17(21)24-6/h7-8H2,1-6H3. The van der Waals surface area contributed by atoms with Crippen molar-refractivity contribution in [1.29, 1.82) is 0 Å². The Labute approximate surface area is 141 Å². The molecule has 0 saturated carbocycles. The summed E-state index contributed by atoms with van der Waals surface area (Å²) >= 11 is 0. The minimum Gasteiger partial charge on any atom is -0.468 e. The van der Waals surface area contributed by atoms with Crippen LogP contribution in [0.5, 0.6) is 0 Å². The van der Waals surface area contributed by atoms with Gasteiger partial charge in [-0.2, -0.15) is 0 Å². The van der Waals surface area contributed by atoms with Gasteiger partial charge < -0.3 is 14.2 Å². The second kappa shape index (κ2) is 6.26. The molecule has 0 radical (unpaired) electrons. The van der Waals surface area contributed by atoms with Crippen molar-refractivity contribution in [1.82, 2.24) is 0 Å². The first kappa shape index (κ1) is 18.0. The maximum absolute atomic E-state index is 12.4. The van der Waals surface area contributed by atoms with Gasteiger partial charge in [0.2, 0.25) is 0 Å². The van der Waals surface area contributed by atoms with Gasteiger partial charge >= 0.3 is 17.9 Å². The zero-order valence-electron chi connectivity index (χ0n) is 14.9. The molecule has 0 heterocycles. The van der Waals surface area contributed by atoms with Gasteiger partial charge in [-0.1, -0.05) is 0 Å². The van der Waals surface area contributed by atoms with Crippen molar-refractivity contribution in [3.63, 3.8) is 0 Å². The van der Waals surface area contributed by atoms with E-state index in [9.17, 15) is 14.4 Å². The summed E-state index contributed by atoms with van der Waals surface area (Å²) in [6.07, 6.45) is 0.356. The fourth-order valence-corrected chi connectivity index (χ4v) is 3.61. The lowest BCUT2D eigenvalue weighted by Gasteiger charge is -2.22. The van der Waals surface area contributed by atoms with Crippen LogP contribution in [0.25, 0.3) is 0 Å². The molecule has 0 unspecified atom stereocenters. The highest BCUT2D eigenvalue weighted by molar-refractivity contribution is 6.02. The van der Waals surface area contributed by atoms with E-state index in [-0.39, 0.29) is 12.8 Å². The van der Waals surface area contributed by atoms with Crippen LogP contribution in [0.4, 0.5) is 0 Å². The van der Waals surface area contributed by atoms with Gasteiger partial charge in [-0.25, -0.2) is 4.79 Å². The van der Waals surface area contributed by atoms with Gasteiger partial charge in [-0.15, -0.1) is 0 Å². The Morgan fingerprint density at radius 2 is 1.21 bits per heavy atom. The highest BCUT2D eigenvalue weighted by Gasteiger charge is 2.53. The lowest BCUT2D eigenvalue weighted by atomic mass is 9.84. The third kappa shape index (κ3) is 2.37. The smallest absolute Gasteiger partial charge is 0.338 e. The van der Waals surface area contributed by atoms with Crippen molar-refractivity contribution >= 4 is 17.9 Å². The average Bonchev–Trinajstić information content (AvgIpc) is 3.00. The number of hydrogen-bond acceptors (Lipinski definition) is 6. The molecule has 0 spiro atoms. The van der Waals surface area contributed by atoms with E-state index in [1.165, 1.54) is 21.3 Å². The molecule has 2 rings (SSSR count). The van der Waals surface area contributed by atoms with Gasteiger partial charge in [0, 0.05) is 12.8 Å². The maximum Gasteiger partial charge on any atom is 0.338 e. The Morgan fingerprint density at radius 3 is 1.62 bits per heavy atom. The fourth-order valence-electron chi connectivity index (χ4n) is 3.61. The van der Waals surface area contributed by atoms with Crippen LogP contribution in [-0.2, 0) is 36.6 Å². The molecule has 0 N–H and O–H groups in total. The first-order valence-electron chi connectivity index (χ1n) is 7.61. The molecule has 1 aliphatic rings. The predicted molar refractivity (Wildman–Crippen MR) is 85.9 cm³/mol. The van der Waals surface area contributed by atoms with Crippen LogP contribution >= 0.6 is 0 Å². The summed E-state index contributed by atoms with van der Waals surface area (Å²) in [4.78, 5) is 36.9. The highest BCUT2D eigenvalue weighted by Crippen LogP contribution is 2.44. The van der Waals surface area contributed by atoms with Crippen LogP contribution < -0.4 is 0 Å². The zero-order valence-corrected chi connectivity index (χ0v) is 14.9. The van der Waals surface area contributed by atoms with Crippen LogP contribution in [0.3, 0.4) is 0 Å². The molecule has 0 saturated heterocycles. The topological polar surface area (TPSA) is 78.9 Å². The van der Waals surface area contributed by atoms with E-state index >= 15 is 0 Å². The van der Waals surface area contributed by atoms with Crippen molar-refractivity contribution in [3.05, 3.63) is 33.4 Å². The summed E-state index contributed by atoms with van der Waals surface area (Å²) in [6.45, 7) is 5.53. The predicted octanol–water partition coefficient (Wildman–Crippen LogP) is 1.83. The Hall–Kier alpha value is -2.37. The Balaban J connectivity index is 2.70. The Morgan fingerprint density at radius 1 is 0.750 bits per heavy atom.